The van der Waals surface area contributed by atoms with Crippen molar-refractivity contribution >= 4 is 0 Å². The molecule has 0 aliphatic carbocycles. The molecule has 0 radical (unpaired) electrons. The lowest BCUT2D eigenvalue weighted by molar-refractivity contribution is 0.185. The first-order valence-electron chi connectivity index (χ1n) is 5.82. The second kappa shape index (κ2) is 4.71. The molecule has 2 heteroatoms. The molecule has 0 bridgehead atoms. The van der Waals surface area contributed by atoms with Crippen molar-refractivity contribution in [1.82, 2.24) is 5.32 Å². The van der Waals surface area contributed by atoms with Crippen molar-refractivity contribution in [3.63, 3.8) is 0 Å². The molecule has 2 rings (SSSR count). The van der Waals surface area contributed by atoms with Crippen LogP contribution in [0.2, 0.25) is 0 Å². The van der Waals surface area contributed by atoms with Crippen molar-refractivity contribution < 1.29 is 4.74 Å². The van der Waals surface area contributed by atoms with Crippen LogP contribution in [0.15, 0.2) is 36.9 Å². The fraction of sp³-hybridized carbons (Fsp3) is 0.429. The third-order valence-corrected chi connectivity index (χ3v) is 3.12. The minimum Gasteiger partial charge on any atom is -0.493 e. The van der Waals surface area contributed by atoms with Gasteiger partial charge in [0.15, 0.2) is 0 Å². The number of benzene rings is 1. The van der Waals surface area contributed by atoms with E-state index in [9.17, 15) is 0 Å². The van der Waals surface area contributed by atoms with Crippen molar-refractivity contribution in [3.05, 3.63) is 42.5 Å². The summed E-state index contributed by atoms with van der Waals surface area (Å²) < 4.78 is 5.72. The van der Waals surface area contributed by atoms with E-state index in [1.54, 1.807) is 0 Å². The van der Waals surface area contributed by atoms with Crippen molar-refractivity contribution in [3.8, 4) is 5.75 Å². The number of fused-ring (bicyclic) bond motifs is 1. The van der Waals surface area contributed by atoms with Gasteiger partial charge in [0.1, 0.15) is 5.75 Å². The van der Waals surface area contributed by atoms with Gasteiger partial charge in [-0.3, -0.25) is 0 Å². The zero-order valence-electron chi connectivity index (χ0n) is 9.94. The largest absolute Gasteiger partial charge is 0.493 e. The average molecular weight is 217 g/mol. The lowest BCUT2D eigenvalue weighted by Crippen LogP contribution is -2.37. The molecule has 3 atom stereocenters. The lowest BCUT2D eigenvalue weighted by Gasteiger charge is -2.33. The Morgan fingerprint density at radius 1 is 1.50 bits per heavy atom. The second-order valence-electron chi connectivity index (χ2n) is 4.49. The molecule has 0 spiro atoms. The number of hydrogen-bond acceptors (Lipinski definition) is 2. The minimum absolute atomic E-state index is 0.318. The van der Waals surface area contributed by atoms with Crippen LogP contribution in [0.5, 0.6) is 5.75 Å². The summed E-state index contributed by atoms with van der Waals surface area (Å²) >= 11 is 0. The van der Waals surface area contributed by atoms with Crippen LogP contribution in [0.4, 0.5) is 0 Å². The standard InChI is InChI=1S/C14H19NO/c1-4-11(3)15-14-10(2)9-16-13-8-6-5-7-12(13)14/h4-8,10-11,14-15H,1,9H2,2-3H3. The zero-order chi connectivity index (χ0) is 11.5. The highest BCUT2D eigenvalue weighted by molar-refractivity contribution is 5.38. The number of ether oxygens (including phenoxy) is 1. The average Bonchev–Trinajstić information content (AvgIpc) is 2.32. The summed E-state index contributed by atoms with van der Waals surface area (Å²) in [5.41, 5.74) is 1.26. The Balaban J connectivity index is 2.26. The van der Waals surface area contributed by atoms with E-state index in [1.807, 2.05) is 18.2 Å². The maximum Gasteiger partial charge on any atom is 0.124 e. The Labute approximate surface area is 97.3 Å². The van der Waals surface area contributed by atoms with Crippen LogP contribution < -0.4 is 10.1 Å². The van der Waals surface area contributed by atoms with Crippen LogP contribution in [0, 0.1) is 5.92 Å². The molecule has 1 aromatic carbocycles. The Kier molecular flexibility index (Phi) is 3.30. The highest BCUT2D eigenvalue weighted by Crippen LogP contribution is 2.35. The van der Waals surface area contributed by atoms with E-state index < -0.39 is 0 Å². The highest BCUT2D eigenvalue weighted by Gasteiger charge is 2.27. The maximum atomic E-state index is 5.72. The van der Waals surface area contributed by atoms with Gasteiger partial charge in [0, 0.05) is 23.6 Å². The molecule has 0 saturated carbocycles. The fourth-order valence-electron chi connectivity index (χ4n) is 2.10. The van der Waals surface area contributed by atoms with Gasteiger partial charge in [0.25, 0.3) is 0 Å². The summed E-state index contributed by atoms with van der Waals surface area (Å²) in [5.74, 6) is 1.49. The van der Waals surface area contributed by atoms with Gasteiger partial charge in [0.05, 0.1) is 6.61 Å². The van der Waals surface area contributed by atoms with Crippen LogP contribution in [-0.4, -0.2) is 12.6 Å². The van der Waals surface area contributed by atoms with Gasteiger partial charge in [-0.15, -0.1) is 6.58 Å². The van der Waals surface area contributed by atoms with Crippen molar-refractivity contribution in [1.29, 1.82) is 0 Å². The van der Waals surface area contributed by atoms with E-state index in [0.717, 1.165) is 12.4 Å². The molecule has 1 aliphatic heterocycles. The molecule has 0 saturated heterocycles. The fourth-order valence-corrected chi connectivity index (χ4v) is 2.10. The van der Waals surface area contributed by atoms with Gasteiger partial charge >= 0.3 is 0 Å². The summed E-state index contributed by atoms with van der Waals surface area (Å²) in [6, 6.07) is 8.93. The number of para-hydroxylation sites is 1. The molecule has 0 amide bonds. The number of rotatable bonds is 3. The molecule has 1 aliphatic rings. The summed E-state index contributed by atoms with van der Waals surface area (Å²) in [6.45, 7) is 8.92. The van der Waals surface area contributed by atoms with Crippen molar-refractivity contribution in [2.24, 2.45) is 5.92 Å². The van der Waals surface area contributed by atoms with Crippen LogP contribution >= 0.6 is 0 Å². The van der Waals surface area contributed by atoms with Gasteiger partial charge in [-0.25, -0.2) is 0 Å². The minimum atomic E-state index is 0.318. The third-order valence-electron chi connectivity index (χ3n) is 3.12. The Bertz CT molecular complexity index is 375. The van der Waals surface area contributed by atoms with E-state index in [2.05, 4.69) is 37.9 Å². The van der Waals surface area contributed by atoms with Gasteiger partial charge in [-0.2, -0.15) is 0 Å². The third kappa shape index (κ3) is 2.12. The predicted molar refractivity (Wildman–Crippen MR) is 66.6 cm³/mol. The van der Waals surface area contributed by atoms with Gasteiger partial charge < -0.3 is 10.1 Å². The molecule has 1 heterocycles. The quantitative estimate of drug-likeness (QED) is 0.786. The molecule has 1 N–H and O–H groups in total. The van der Waals surface area contributed by atoms with E-state index in [0.29, 0.717) is 18.0 Å². The normalized spacial score (nSPS) is 25.4. The SMILES string of the molecule is C=CC(C)NC1c2ccccc2OCC1C. The maximum absolute atomic E-state index is 5.72. The predicted octanol–water partition coefficient (Wildman–Crippen LogP) is 2.92. The van der Waals surface area contributed by atoms with Crippen LogP contribution in [-0.2, 0) is 0 Å². The first kappa shape index (κ1) is 11.2. The highest BCUT2D eigenvalue weighted by atomic mass is 16.5. The molecule has 1 aromatic rings. The summed E-state index contributed by atoms with van der Waals surface area (Å²) in [6.07, 6.45) is 1.94. The smallest absolute Gasteiger partial charge is 0.124 e. The van der Waals surface area contributed by atoms with E-state index in [4.69, 9.17) is 4.74 Å². The van der Waals surface area contributed by atoms with Crippen LogP contribution in [0.1, 0.15) is 25.5 Å². The van der Waals surface area contributed by atoms with E-state index >= 15 is 0 Å². The number of nitrogens with one attached hydrogen (secondary N) is 1. The van der Waals surface area contributed by atoms with E-state index in [-0.39, 0.29) is 0 Å². The number of hydrogen-bond donors (Lipinski definition) is 1. The molecule has 16 heavy (non-hydrogen) atoms. The Morgan fingerprint density at radius 2 is 2.25 bits per heavy atom. The summed E-state index contributed by atoms with van der Waals surface area (Å²) in [4.78, 5) is 0. The molecule has 2 nitrogen and oxygen atoms in total. The Morgan fingerprint density at radius 3 is 3.00 bits per heavy atom. The monoisotopic (exact) mass is 217 g/mol. The topological polar surface area (TPSA) is 21.3 Å². The summed E-state index contributed by atoms with van der Waals surface area (Å²) in [5, 5.41) is 3.58. The molecule has 86 valence electrons. The van der Waals surface area contributed by atoms with Crippen molar-refractivity contribution in [2.45, 2.75) is 25.9 Å². The van der Waals surface area contributed by atoms with Crippen LogP contribution in [0.25, 0.3) is 0 Å². The van der Waals surface area contributed by atoms with Gasteiger partial charge in [-0.05, 0) is 13.0 Å². The first-order chi connectivity index (χ1) is 7.72. The van der Waals surface area contributed by atoms with Gasteiger partial charge in [-0.1, -0.05) is 31.2 Å². The van der Waals surface area contributed by atoms with Crippen LogP contribution in [0.3, 0.4) is 0 Å². The lowest BCUT2D eigenvalue weighted by atomic mass is 9.91. The summed E-state index contributed by atoms with van der Waals surface area (Å²) in [7, 11) is 0. The second-order valence-corrected chi connectivity index (χ2v) is 4.49. The van der Waals surface area contributed by atoms with Gasteiger partial charge in [0.2, 0.25) is 0 Å². The molecular weight excluding hydrogens is 198 g/mol. The Hall–Kier alpha value is -1.28. The molecule has 0 fully saturated rings. The van der Waals surface area contributed by atoms with Crippen molar-refractivity contribution in [2.75, 3.05) is 6.61 Å². The molecular formula is C14H19NO. The molecule has 0 aromatic heterocycles. The van der Waals surface area contributed by atoms with E-state index in [1.165, 1.54) is 5.56 Å². The molecule has 3 unspecified atom stereocenters. The zero-order valence-corrected chi connectivity index (χ0v) is 9.94. The first-order valence-corrected chi connectivity index (χ1v) is 5.82.